The van der Waals surface area contributed by atoms with E-state index in [0.717, 1.165) is 50.5 Å². The van der Waals surface area contributed by atoms with Gasteiger partial charge in [-0.3, -0.25) is 4.90 Å². The lowest BCUT2D eigenvalue weighted by Gasteiger charge is -2.46. The molecule has 6 heteroatoms. The van der Waals surface area contributed by atoms with E-state index in [1.165, 1.54) is 17.6 Å². The number of likely N-dealkylation sites (tertiary alicyclic amines) is 1. The lowest BCUT2D eigenvalue weighted by molar-refractivity contribution is -0.274. The molecule has 192 valence electrons. The van der Waals surface area contributed by atoms with Crippen molar-refractivity contribution in [3.05, 3.63) is 35.5 Å². The minimum atomic E-state index is -4.57. The zero-order chi connectivity index (χ0) is 24.7. The van der Waals surface area contributed by atoms with Crippen LogP contribution in [0.1, 0.15) is 78.1 Å². The quantitative estimate of drug-likeness (QED) is 0.504. The van der Waals surface area contributed by atoms with Crippen LogP contribution >= 0.6 is 0 Å². The maximum atomic E-state index is 13.4. The molecular weight excluding hydrogens is 439 g/mol. The first-order valence-corrected chi connectivity index (χ1v) is 13.2. The van der Waals surface area contributed by atoms with Crippen LogP contribution < -0.4 is 0 Å². The Balaban J connectivity index is 1.45. The van der Waals surface area contributed by atoms with Crippen LogP contribution in [0.15, 0.2) is 35.5 Å². The van der Waals surface area contributed by atoms with Crippen LogP contribution in [0.4, 0.5) is 13.2 Å². The molecule has 0 spiro atoms. The Morgan fingerprint density at radius 2 is 1.88 bits per heavy atom. The molecule has 0 bridgehead atoms. The zero-order valence-electron chi connectivity index (χ0n) is 20.8. The molecule has 1 heterocycles. The molecule has 0 aromatic heterocycles. The number of alkyl halides is 3. The molecule has 4 aliphatic rings. The molecule has 4 fully saturated rings. The predicted octanol–water partition coefficient (Wildman–Crippen LogP) is 6.18. The van der Waals surface area contributed by atoms with Crippen molar-refractivity contribution in [2.45, 2.75) is 95.9 Å². The summed E-state index contributed by atoms with van der Waals surface area (Å²) < 4.78 is 40.2. The summed E-state index contributed by atoms with van der Waals surface area (Å²) >= 11 is 0. The van der Waals surface area contributed by atoms with E-state index >= 15 is 0 Å². The van der Waals surface area contributed by atoms with Crippen LogP contribution in [0.3, 0.4) is 0 Å². The molecule has 1 aliphatic heterocycles. The third-order valence-electron chi connectivity index (χ3n) is 9.59. The van der Waals surface area contributed by atoms with Gasteiger partial charge in [0.25, 0.3) is 0 Å². The van der Waals surface area contributed by atoms with Gasteiger partial charge in [-0.2, -0.15) is 13.2 Å². The lowest BCUT2D eigenvalue weighted by atomic mass is 9.61. The number of halogens is 3. The van der Waals surface area contributed by atoms with E-state index < -0.39 is 17.9 Å². The number of β-amino-alcohol motifs (C(OH)–C–C–N with tert-alkyl or cyclic N) is 1. The molecule has 3 nitrogen and oxygen atoms in total. The number of aliphatic hydroxyl groups is 2. The van der Waals surface area contributed by atoms with Crippen molar-refractivity contribution in [2.24, 2.45) is 23.2 Å². The summed E-state index contributed by atoms with van der Waals surface area (Å²) in [7, 11) is 0. The highest BCUT2D eigenvalue weighted by Crippen LogP contribution is 2.59. The van der Waals surface area contributed by atoms with Gasteiger partial charge >= 0.3 is 6.18 Å². The van der Waals surface area contributed by atoms with Crippen molar-refractivity contribution < 1.29 is 23.4 Å². The van der Waals surface area contributed by atoms with Crippen LogP contribution in [0.2, 0.25) is 0 Å². The second-order valence-electron chi connectivity index (χ2n) is 11.8. The number of rotatable bonds is 4. The largest absolute Gasteiger partial charge is 0.418 e. The third-order valence-corrected chi connectivity index (χ3v) is 9.59. The van der Waals surface area contributed by atoms with Gasteiger partial charge in [0.2, 0.25) is 0 Å². The van der Waals surface area contributed by atoms with Gasteiger partial charge in [0.05, 0.1) is 6.10 Å². The van der Waals surface area contributed by atoms with Crippen LogP contribution in [0.5, 0.6) is 0 Å². The smallest absolute Gasteiger partial charge is 0.388 e. The van der Waals surface area contributed by atoms with E-state index in [1.54, 1.807) is 0 Å². The van der Waals surface area contributed by atoms with E-state index in [0.29, 0.717) is 31.3 Å². The second-order valence-corrected chi connectivity index (χ2v) is 11.8. The normalized spacial score (nSPS) is 41.1. The van der Waals surface area contributed by atoms with Crippen LogP contribution in [-0.2, 0) is 0 Å². The lowest BCUT2D eigenvalue weighted by Crippen LogP contribution is -2.57. The first-order chi connectivity index (χ1) is 15.9. The highest BCUT2D eigenvalue weighted by Gasteiger charge is 2.56. The molecule has 1 saturated heterocycles. The summed E-state index contributed by atoms with van der Waals surface area (Å²) in [5.41, 5.74) is 1.12. The van der Waals surface area contributed by atoms with Gasteiger partial charge in [-0.15, -0.1) is 0 Å². The van der Waals surface area contributed by atoms with Crippen molar-refractivity contribution >= 4 is 0 Å². The average Bonchev–Trinajstić information content (AvgIpc) is 3.12. The summed E-state index contributed by atoms with van der Waals surface area (Å²) in [6.07, 6.45) is 8.10. The van der Waals surface area contributed by atoms with Gasteiger partial charge in [-0.25, -0.2) is 0 Å². The average molecular weight is 482 g/mol. The van der Waals surface area contributed by atoms with Gasteiger partial charge in [-0.1, -0.05) is 38.2 Å². The van der Waals surface area contributed by atoms with Crippen molar-refractivity contribution in [2.75, 3.05) is 19.6 Å². The number of nitrogens with zero attached hydrogens (tertiary/aromatic N) is 1. The number of fused-ring (bicyclic) bond motifs is 1. The molecule has 3 saturated carbocycles. The highest BCUT2D eigenvalue weighted by atomic mass is 19.4. The fraction of sp³-hybridized carbons (Fsp3) is 0.786. The van der Waals surface area contributed by atoms with Crippen molar-refractivity contribution in [1.82, 2.24) is 4.90 Å². The topological polar surface area (TPSA) is 43.7 Å². The number of aliphatic hydroxyl groups excluding tert-OH is 1. The highest BCUT2D eigenvalue weighted by molar-refractivity contribution is 5.37. The Bertz CT molecular complexity index is 834. The van der Waals surface area contributed by atoms with Gasteiger partial charge in [0.1, 0.15) is 0 Å². The number of hydrogen-bond donors (Lipinski definition) is 2. The van der Waals surface area contributed by atoms with Gasteiger partial charge in [0.15, 0.2) is 5.60 Å². The van der Waals surface area contributed by atoms with Crippen molar-refractivity contribution in [3.63, 3.8) is 0 Å². The Labute approximate surface area is 202 Å². The minimum Gasteiger partial charge on any atom is -0.388 e. The summed E-state index contributed by atoms with van der Waals surface area (Å²) in [6, 6.07) is 0. The van der Waals surface area contributed by atoms with E-state index in [2.05, 4.69) is 32.6 Å². The second kappa shape index (κ2) is 9.74. The summed E-state index contributed by atoms with van der Waals surface area (Å²) in [5.74, 6) is 1.28. The number of hydrogen-bond acceptors (Lipinski definition) is 3. The molecule has 0 radical (unpaired) electrons. The summed E-state index contributed by atoms with van der Waals surface area (Å²) in [4.78, 5) is 1.85. The molecule has 0 aromatic carbocycles. The number of piperidine rings is 1. The molecule has 4 rings (SSSR count). The maximum absolute atomic E-state index is 13.4. The van der Waals surface area contributed by atoms with Gasteiger partial charge in [-0.05, 0) is 105 Å². The van der Waals surface area contributed by atoms with Gasteiger partial charge < -0.3 is 10.2 Å². The molecule has 2 N–H and O–H groups in total. The van der Waals surface area contributed by atoms with E-state index in [-0.39, 0.29) is 24.3 Å². The van der Waals surface area contributed by atoms with E-state index in [9.17, 15) is 23.4 Å². The first-order valence-electron chi connectivity index (χ1n) is 13.2. The minimum absolute atomic E-state index is 0.168. The monoisotopic (exact) mass is 481 g/mol. The van der Waals surface area contributed by atoms with E-state index in [1.807, 2.05) is 4.90 Å². The Morgan fingerprint density at radius 1 is 1.12 bits per heavy atom. The molecule has 5 unspecified atom stereocenters. The van der Waals surface area contributed by atoms with Crippen LogP contribution in [0, 0.1) is 23.2 Å². The number of allylic oxidation sites excluding steroid dienone is 3. The van der Waals surface area contributed by atoms with Crippen molar-refractivity contribution in [3.8, 4) is 0 Å². The molecular formula is C28H42F3NO2. The molecule has 0 amide bonds. The maximum Gasteiger partial charge on any atom is 0.418 e. The standard InChI is InChI=1S/C28H42F3NO2/c1-19(17-32-16-6-15-27(34,18-32)28(29,30)31)23-12-13-24-22(8-5-14-26(23,24)3)11-10-21-7-4-9-25(33)20(21)2/h10-11,19,23-25,33-34H,2,4-9,12-18H2,1,3H3/b21-10-,22-11+/t19?,23?,24?,25-,26?,27?/m0/s1. The molecule has 3 aliphatic carbocycles. The third kappa shape index (κ3) is 4.92. The summed E-state index contributed by atoms with van der Waals surface area (Å²) in [6.45, 7) is 9.64. The Kier molecular flexibility index (Phi) is 7.44. The molecule has 34 heavy (non-hydrogen) atoms. The predicted molar refractivity (Wildman–Crippen MR) is 129 cm³/mol. The molecule has 0 aromatic rings. The SMILES string of the molecule is C=C1/C(=C\C=C2/CCCC3(C)C2CCC3C(C)CN2CCCC(O)(C(F)(F)F)C2)CCC[C@@H]1O. The van der Waals surface area contributed by atoms with E-state index in [4.69, 9.17) is 0 Å². The fourth-order valence-electron chi connectivity index (χ4n) is 7.69. The van der Waals surface area contributed by atoms with Gasteiger partial charge in [0, 0.05) is 13.1 Å². The zero-order valence-corrected chi connectivity index (χ0v) is 20.8. The van der Waals surface area contributed by atoms with Crippen LogP contribution in [-0.4, -0.2) is 52.6 Å². The Morgan fingerprint density at radius 3 is 2.62 bits per heavy atom. The van der Waals surface area contributed by atoms with Crippen LogP contribution in [0.25, 0.3) is 0 Å². The van der Waals surface area contributed by atoms with Crippen molar-refractivity contribution in [1.29, 1.82) is 0 Å². The Hall–Kier alpha value is -1.11. The molecule has 6 atom stereocenters. The first kappa shape index (κ1) is 26.0. The summed E-state index contributed by atoms with van der Waals surface area (Å²) in [5, 5.41) is 20.4. The fourth-order valence-corrected chi connectivity index (χ4v) is 7.69.